The van der Waals surface area contributed by atoms with Gasteiger partial charge in [-0.1, -0.05) is 0 Å². The van der Waals surface area contributed by atoms with Gasteiger partial charge in [0.25, 0.3) is 0 Å². The molecule has 10 nitrogen and oxygen atoms in total. The lowest BCUT2D eigenvalue weighted by Crippen LogP contribution is -2.34. The van der Waals surface area contributed by atoms with E-state index < -0.39 is 15.7 Å². The van der Waals surface area contributed by atoms with Gasteiger partial charge in [0, 0.05) is 18.8 Å². The van der Waals surface area contributed by atoms with Crippen molar-refractivity contribution < 1.29 is 19.8 Å². The fraction of sp³-hybridized carbons (Fsp3) is 0.308. The van der Waals surface area contributed by atoms with Gasteiger partial charge >= 0.3 is 0 Å². The van der Waals surface area contributed by atoms with Crippen LogP contribution in [-0.2, 0) is 9.92 Å². The first-order chi connectivity index (χ1) is 12.6. The minimum absolute atomic E-state index is 0.0668. The fourth-order valence-electron chi connectivity index (χ4n) is 1.84. The van der Waals surface area contributed by atoms with Crippen molar-refractivity contribution in [3.8, 4) is 0 Å². The van der Waals surface area contributed by atoms with Crippen LogP contribution in [0, 0.1) is 16.0 Å². The van der Waals surface area contributed by atoms with Crippen LogP contribution in [-0.4, -0.2) is 44.4 Å². The van der Waals surface area contributed by atoms with E-state index in [-0.39, 0.29) is 40.1 Å². The number of hydrogen-bond donors (Lipinski definition) is 5. The van der Waals surface area contributed by atoms with Crippen molar-refractivity contribution in [2.45, 2.75) is 13.0 Å². The van der Waals surface area contributed by atoms with E-state index in [0.29, 0.717) is 5.06 Å². The Bertz CT molecular complexity index is 940. The molecule has 1 heterocycles. The Balaban J connectivity index is 2.21. The first kappa shape index (κ1) is 18.7. The SMILES string of the molecule is [H]/N=C(/c1nonc1NC(C)CNS(C)(=N)=O)N(O)c1ccc(F)c(Br)c1. The molecule has 0 amide bonds. The van der Waals surface area contributed by atoms with Gasteiger partial charge in [0.15, 0.2) is 12.9 Å². The summed E-state index contributed by atoms with van der Waals surface area (Å²) in [5.74, 6) is -0.773. The lowest BCUT2D eigenvalue weighted by atomic mass is 10.2. The van der Waals surface area contributed by atoms with Crippen LogP contribution < -0.4 is 15.1 Å². The normalized spacial score (nSPS) is 15.9. The second kappa shape index (κ2) is 8.07. The van der Waals surface area contributed by atoms with Gasteiger partial charge in [0.2, 0.25) is 5.82 Å². The highest BCUT2D eigenvalue weighted by Gasteiger charge is 2.22. The van der Waals surface area contributed by atoms with E-state index in [1.165, 1.54) is 18.4 Å². The molecule has 0 saturated carbocycles. The van der Waals surface area contributed by atoms with Crippen LogP contribution in [0.2, 0.25) is 1.41 Å². The van der Waals surface area contributed by atoms with E-state index in [2.05, 4.69) is 46.3 Å². The molecule has 2 aromatic rings. The fourth-order valence-corrected chi connectivity index (χ4v) is 2.77. The third-order valence-corrected chi connectivity index (χ3v) is 4.42. The molecule has 2 unspecified atom stereocenters. The Hall–Kier alpha value is -2.09. The summed E-state index contributed by atoms with van der Waals surface area (Å²) in [6, 6.07) is 3.35. The third-order valence-electron chi connectivity index (χ3n) is 3.10. The number of benzene rings is 1. The highest BCUT2D eigenvalue weighted by Crippen LogP contribution is 2.24. The summed E-state index contributed by atoms with van der Waals surface area (Å²) < 4.78 is 46.7. The number of hydroxylamine groups is 1. The number of amidine groups is 1. The maximum atomic E-state index is 13.4. The van der Waals surface area contributed by atoms with Gasteiger partial charge < -0.3 is 5.32 Å². The van der Waals surface area contributed by atoms with Crippen LogP contribution >= 0.6 is 15.9 Å². The quantitative estimate of drug-likeness (QED) is 0.246. The Kier molecular flexibility index (Phi) is 5.80. The summed E-state index contributed by atoms with van der Waals surface area (Å²) in [5, 5.41) is 24.3. The topological polar surface area (TPSA) is 151 Å². The first-order valence-electron chi connectivity index (χ1n) is 7.61. The molecule has 0 aliphatic rings. The predicted octanol–water partition coefficient (Wildman–Crippen LogP) is 2.17. The van der Waals surface area contributed by atoms with E-state index in [4.69, 9.17) is 6.19 Å². The molecule has 0 aliphatic heterocycles. The predicted molar refractivity (Wildman–Crippen MR) is 97.4 cm³/mol. The van der Waals surface area contributed by atoms with E-state index >= 15 is 0 Å². The molecule has 2 rings (SSSR count). The molecule has 0 spiro atoms. The Morgan fingerprint density at radius 3 is 2.96 bits per heavy atom. The minimum Gasteiger partial charge on any atom is -0.361 e. The lowest BCUT2D eigenvalue weighted by Gasteiger charge is -2.18. The van der Waals surface area contributed by atoms with E-state index in [1.807, 2.05) is 0 Å². The highest BCUT2D eigenvalue weighted by molar-refractivity contribution is 9.10. The molecule has 142 valence electrons. The zero-order valence-corrected chi connectivity index (χ0v) is 16.1. The van der Waals surface area contributed by atoms with Crippen LogP contribution in [0.5, 0.6) is 0 Å². The monoisotopic (exact) mass is 449 g/mol. The molecular weight excluding hydrogens is 433 g/mol. The zero-order valence-electron chi connectivity index (χ0n) is 14.7. The molecule has 0 fully saturated rings. The van der Waals surface area contributed by atoms with Crippen molar-refractivity contribution in [1.82, 2.24) is 15.0 Å². The van der Waals surface area contributed by atoms with Crippen molar-refractivity contribution in [2.24, 2.45) is 0 Å². The molecule has 13 heteroatoms. The van der Waals surface area contributed by atoms with Crippen LogP contribution in [0.1, 0.15) is 12.6 Å². The molecule has 26 heavy (non-hydrogen) atoms. The zero-order chi connectivity index (χ0) is 20.2. The van der Waals surface area contributed by atoms with Crippen molar-refractivity contribution in [1.29, 1.82) is 10.2 Å². The van der Waals surface area contributed by atoms with Gasteiger partial charge in [-0.05, 0) is 51.4 Å². The summed E-state index contributed by atoms with van der Waals surface area (Å²) in [4.78, 5) is 0. The van der Waals surface area contributed by atoms with Gasteiger partial charge in [-0.15, -0.1) is 0 Å². The number of rotatable bonds is 7. The number of hydrogen-bond acceptors (Lipinski definition) is 8. The summed E-state index contributed by atoms with van der Waals surface area (Å²) in [7, 11) is -2.87. The molecule has 0 radical (unpaired) electrons. The van der Waals surface area contributed by atoms with Gasteiger partial charge in [-0.25, -0.2) is 27.8 Å². The molecular formula is C13H17BrFN7O3S. The molecule has 0 aliphatic carbocycles. The van der Waals surface area contributed by atoms with Crippen LogP contribution in [0.25, 0.3) is 0 Å². The minimum atomic E-state index is -2.87. The molecule has 1 aromatic heterocycles. The van der Waals surface area contributed by atoms with Gasteiger partial charge in [-0.2, -0.15) is 0 Å². The maximum absolute atomic E-state index is 13.4. The number of anilines is 2. The van der Waals surface area contributed by atoms with Crippen molar-refractivity contribution in [3.05, 3.63) is 34.2 Å². The second-order valence-corrected chi connectivity index (χ2v) is 8.26. The van der Waals surface area contributed by atoms with Gasteiger partial charge in [0.1, 0.15) is 15.7 Å². The number of aromatic nitrogens is 2. The molecule has 1 aromatic carbocycles. The van der Waals surface area contributed by atoms with Crippen molar-refractivity contribution in [2.75, 3.05) is 23.2 Å². The van der Waals surface area contributed by atoms with Gasteiger partial charge in [-0.3, -0.25) is 10.6 Å². The summed E-state index contributed by atoms with van der Waals surface area (Å²) in [5.41, 5.74) is 0.0563. The maximum Gasteiger partial charge on any atom is 0.202 e. The Morgan fingerprint density at radius 2 is 2.35 bits per heavy atom. The smallest absolute Gasteiger partial charge is 0.202 e. The van der Waals surface area contributed by atoms with Crippen LogP contribution in [0.4, 0.5) is 15.9 Å². The average Bonchev–Trinajstić information content (AvgIpc) is 3.03. The summed E-state index contributed by atoms with van der Waals surface area (Å²) in [6.45, 7) is 1.90. The highest BCUT2D eigenvalue weighted by atomic mass is 79.9. The third kappa shape index (κ3) is 5.20. The summed E-state index contributed by atoms with van der Waals surface area (Å²) in [6.07, 6.45) is 1.25. The molecule has 5 N–H and O–H groups in total. The van der Waals surface area contributed by atoms with Crippen molar-refractivity contribution >= 4 is 43.2 Å². The van der Waals surface area contributed by atoms with Crippen molar-refractivity contribution in [3.63, 3.8) is 0 Å². The van der Waals surface area contributed by atoms with E-state index in [0.717, 1.165) is 6.07 Å². The molecule has 2 atom stereocenters. The van der Waals surface area contributed by atoms with Crippen LogP contribution in [0.15, 0.2) is 27.3 Å². The second-order valence-electron chi connectivity index (χ2n) is 5.43. The molecule has 0 bridgehead atoms. The largest absolute Gasteiger partial charge is 0.361 e. The molecule has 0 saturated heterocycles. The Labute approximate surface area is 158 Å². The Morgan fingerprint density at radius 1 is 1.62 bits per heavy atom. The van der Waals surface area contributed by atoms with E-state index in [9.17, 15) is 13.8 Å². The standard InChI is InChI=1S/C13H17BrFN7O3S/c1-7(6-18-26(2,17)24)19-13-11(20-25-21-13)12(16)22(23)8-3-4-10(15)9(14)5-8/h3-5,7,16,23H,6H2,1-2H3,(H,19,21)(H2,17,18,24)/b16-12-. The number of nitrogens with zero attached hydrogens (tertiary/aromatic N) is 3. The number of nitrogens with one attached hydrogen (secondary N) is 4. The van der Waals surface area contributed by atoms with Gasteiger partial charge in [0.05, 0.1) is 10.2 Å². The lowest BCUT2D eigenvalue weighted by molar-refractivity contribution is 0.300. The average molecular weight is 450 g/mol. The van der Waals surface area contributed by atoms with E-state index in [1.54, 1.807) is 6.92 Å². The number of halogens is 2. The summed E-state index contributed by atoms with van der Waals surface area (Å²) >= 11 is 3.01. The first-order valence-corrected chi connectivity index (χ1v) is 9.92. The van der Waals surface area contributed by atoms with Crippen LogP contribution in [0.3, 0.4) is 0 Å².